The summed E-state index contributed by atoms with van der Waals surface area (Å²) in [5.74, 6) is 1.23. The van der Waals surface area contributed by atoms with Crippen molar-refractivity contribution in [2.45, 2.75) is 45.2 Å². The molecule has 2 amide bonds. The molecule has 2 heterocycles. The zero-order valence-electron chi connectivity index (χ0n) is 15.4. The fraction of sp³-hybridized carbons (Fsp3) is 0.765. The Kier molecular flexibility index (Phi) is 4.81. The van der Waals surface area contributed by atoms with Gasteiger partial charge in [-0.05, 0) is 46.7 Å². The van der Waals surface area contributed by atoms with Gasteiger partial charge in [0.15, 0.2) is 5.82 Å². The van der Waals surface area contributed by atoms with Crippen molar-refractivity contribution in [3.63, 3.8) is 0 Å². The van der Waals surface area contributed by atoms with Gasteiger partial charge in [0.25, 0.3) is 0 Å². The molecule has 0 radical (unpaired) electrons. The summed E-state index contributed by atoms with van der Waals surface area (Å²) in [5, 5.41) is 6.97. The summed E-state index contributed by atoms with van der Waals surface area (Å²) in [7, 11) is 3.84. The molecule has 1 aliphatic heterocycles. The lowest BCUT2D eigenvalue weighted by Gasteiger charge is -2.24. The maximum atomic E-state index is 12.6. The van der Waals surface area contributed by atoms with E-state index in [1.165, 1.54) is 12.8 Å². The monoisotopic (exact) mass is 349 g/mol. The molecular weight excluding hydrogens is 322 g/mol. The lowest BCUT2D eigenvalue weighted by atomic mass is 10.0. The van der Waals surface area contributed by atoms with Crippen LogP contribution < -0.4 is 5.32 Å². The van der Waals surface area contributed by atoms with Crippen LogP contribution in [-0.4, -0.2) is 58.9 Å². The molecule has 8 nitrogen and oxygen atoms in total. The van der Waals surface area contributed by atoms with E-state index in [4.69, 9.17) is 4.52 Å². The normalized spacial score (nSPS) is 21.2. The van der Waals surface area contributed by atoms with Crippen LogP contribution in [0.15, 0.2) is 4.52 Å². The van der Waals surface area contributed by atoms with Crippen LogP contribution in [0, 0.1) is 11.8 Å². The van der Waals surface area contributed by atoms with Gasteiger partial charge in [0.05, 0.1) is 18.0 Å². The molecular formula is C17H27N5O3. The van der Waals surface area contributed by atoms with E-state index in [2.05, 4.69) is 15.5 Å². The predicted molar refractivity (Wildman–Crippen MR) is 90.3 cm³/mol. The minimum Gasteiger partial charge on any atom is -0.343 e. The number of carbonyl (C=O) groups is 2. The van der Waals surface area contributed by atoms with Crippen LogP contribution in [0.5, 0.6) is 0 Å². The zero-order valence-corrected chi connectivity index (χ0v) is 15.4. The Labute approximate surface area is 147 Å². The molecule has 8 heteroatoms. The number of nitrogens with zero attached hydrogens (tertiary/aromatic N) is 4. The average molecular weight is 349 g/mol. The molecule has 3 rings (SSSR count). The molecule has 0 bridgehead atoms. The van der Waals surface area contributed by atoms with E-state index in [9.17, 15) is 9.59 Å². The van der Waals surface area contributed by atoms with Gasteiger partial charge < -0.3 is 19.6 Å². The maximum absolute atomic E-state index is 12.6. The van der Waals surface area contributed by atoms with E-state index in [1.54, 1.807) is 0 Å². The number of hydrogen-bond acceptors (Lipinski definition) is 6. The summed E-state index contributed by atoms with van der Waals surface area (Å²) in [6.45, 7) is 5.53. The SMILES string of the molecule is CN(C)Cc1nc(C(C)(C)NC(=O)[C@@H]2CC(=O)N(CC3CC3)C2)no1. The van der Waals surface area contributed by atoms with Crippen LogP contribution >= 0.6 is 0 Å². The molecule has 2 fully saturated rings. The minimum absolute atomic E-state index is 0.0812. The Bertz CT molecular complexity index is 650. The number of carbonyl (C=O) groups excluding carboxylic acids is 2. The van der Waals surface area contributed by atoms with E-state index in [-0.39, 0.29) is 24.2 Å². The average Bonchev–Trinajstić information content (AvgIpc) is 3.06. The third-order valence-corrected chi connectivity index (χ3v) is 4.68. The van der Waals surface area contributed by atoms with Crippen molar-refractivity contribution in [2.75, 3.05) is 27.2 Å². The van der Waals surface area contributed by atoms with Crippen LogP contribution in [0.3, 0.4) is 0 Å². The number of likely N-dealkylation sites (tertiary alicyclic amines) is 1. The van der Waals surface area contributed by atoms with Gasteiger partial charge in [-0.3, -0.25) is 9.59 Å². The first-order chi connectivity index (χ1) is 11.7. The van der Waals surface area contributed by atoms with Crippen LogP contribution in [0.4, 0.5) is 0 Å². The topological polar surface area (TPSA) is 91.6 Å². The van der Waals surface area contributed by atoms with Gasteiger partial charge in [-0.25, -0.2) is 0 Å². The van der Waals surface area contributed by atoms with Crippen molar-refractivity contribution >= 4 is 11.8 Å². The van der Waals surface area contributed by atoms with Crippen LogP contribution in [-0.2, 0) is 21.7 Å². The van der Waals surface area contributed by atoms with Gasteiger partial charge in [0.1, 0.15) is 0 Å². The first-order valence-corrected chi connectivity index (χ1v) is 8.82. The third-order valence-electron chi connectivity index (χ3n) is 4.68. The summed E-state index contributed by atoms with van der Waals surface area (Å²) in [6, 6.07) is 0. The molecule has 1 atom stereocenters. The molecule has 2 aliphatic rings. The summed E-state index contributed by atoms with van der Waals surface area (Å²) in [6.07, 6.45) is 2.67. The fourth-order valence-electron chi connectivity index (χ4n) is 3.05. The smallest absolute Gasteiger partial charge is 0.240 e. The molecule has 0 spiro atoms. The molecule has 1 aromatic rings. The summed E-state index contributed by atoms with van der Waals surface area (Å²) in [4.78, 5) is 32.9. The van der Waals surface area contributed by atoms with E-state index >= 15 is 0 Å². The molecule has 25 heavy (non-hydrogen) atoms. The Morgan fingerprint density at radius 3 is 2.76 bits per heavy atom. The predicted octanol–water partition coefficient (Wildman–Crippen LogP) is 0.741. The molecule has 1 saturated heterocycles. The van der Waals surface area contributed by atoms with Gasteiger partial charge in [-0.2, -0.15) is 4.98 Å². The van der Waals surface area contributed by atoms with Gasteiger partial charge in [-0.15, -0.1) is 0 Å². The van der Waals surface area contributed by atoms with E-state index in [0.717, 1.165) is 6.54 Å². The first-order valence-electron chi connectivity index (χ1n) is 8.82. The molecule has 0 aromatic carbocycles. The summed E-state index contributed by atoms with van der Waals surface area (Å²) >= 11 is 0. The Balaban J connectivity index is 1.59. The van der Waals surface area contributed by atoms with E-state index in [0.29, 0.717) is 30.7 Å². The fourth-order valence-corrected chi connectivity index (χ4v) is 3.05. The second kappa shape index (κ2) is 6.74. The highest BCUT2D eigenvalue weighted by Crippen LogP contribution is 2.32. The zero-order chi connectivity index (χ0) is 18.2. The van der Waals surface area contributed by atoms with Crippen LogP contribution in [0.25, 0.3) is 0 Å². The van der Waals surface area contributed by atoms with Crippen molar-refractivity contribution < 1.29 is 14.1 Å². The van der Waals surface area contributed by atoms with Crippen molar-refractivity contribution in [3.8, 4) is 0 Å². The molecule has 1 aromatic heterocycles. The number of aromatic nitrogens is 2. The highest BCUT2D eigenvalue weighted by Gasteiger charge is 2.39. The number of rotatable bonds is 7. The van der Waals surface area contributed by atoms with Crippen LogP contribution in [0.2, 0.25) is 0 Å². The Morgan fingerprint density at radius 1 is 1.40 bits per heavy atom. The van der Waals surface area contributed by atoms with Gasteiger partial charge in [-0.1, -0.05) is 5.16 Å². The van der Waals surface area contributed by atoms with Crippen LogP contribution in [0.1, 0.15) is 44.8 Å². The largest absolute Gasteiger partial charge is 0.343 e. The van der Waals surface area contributed by atoms with E-state index < -0.39 is 5.54 Å². The quantitative estimate of drug-likeness (QED) is 0.781. The van der Waals surface area contributed by atoms with Crippen molar-refractivity contribution in [3.05, 3.63) is 11.7 Å². The summed E-state index contributed by atoms with van der Waals surface area (Å²) < 4.78 is 5.24. The van der Waals surface area contributed by atoms with Gasteiger partial charge >= 0.3 is 0 Å². The highest BCUT2D eigenvalue weighted by atomic mass is 16.5. The molecule has 1 saturated carbocycles. The third kappa shape index (κ3) is 4.36. The second-order valence-electron chi connectivity index (χ2n) is 8.01. The maximum Gasteiger partial charge on any atom is 0.240 e. The number of nitrogens with one attached hydrogen (secondary N) is 1. The van der Waals surface area contributed by atoms with Gasteiger partial charge in [0, 0.05) is 19.5 Å². The van der Waals surface area contributed by atoms with Crippen molar-refractivity contribution in [1.29, 1.82) is 0 Å². The first kappa shape index (κ1) is 17.8. The minimum atomic E-state index is -0.752. The standard InChI is InChI=1S/C17H27N5O3/c1-17(2,16-18-13(25-20-16)10-21(3)4)19-15(24)12-7-14(23)22(9-12)8-11-5-6-11/h11-12H,5-10H2,1-4H3,(H,19,24)/t12-/m1/s1. The lowest BCUT2D eigenvalue weighted by molar-refractivity contribution is -0.129. The Morgan fingerprint density at radius 2 is 2.12 bits per heavy atom. The number of amides is 2. The van der Waals surface area contributed by atoms with E-state index in [1.807, 2.05) is 37.7 Å². The van der Waals surface area contributed by atoms with Gasteiger partial charge in [0.2, 0.25) is 17.7 Å². The van der Waals surface area contributed by atoms with Crippen molar-refractivity contribution in [1.82, 2.24) is 25.3 Å². The Hall–Kier alpha value is -1.96. The second-order valence-corrected chi connectivity index (χ2v) is 8.01. The molecule has 0 unspecified atom stereocenters. The summed E-state index contributed by atoms with van der Waals surface area (Å²) in [5.41, 5.74) is -0.752. The number of hydrogen-bond donors (Lipinski definition) is 1. The lowest BCUT2D eigenvalue weighted by Crippen LogP contribution is -2.45. The molecule has 1 aliphatic carbocycles. The molecule has 1 N–H and O–H groups in total. The highest BCUT2D eigenvalue weighted by molar-refractivity contribution is 5.89. The van der Waals surface area contributed by atoms with Crippen molar-refractivity contribution in [2.24, 2.45) is 11.8 Å². The molecule has 138 valence electrons.